The molecule has 1 aromatic heterocycles. The number of aryl methyl sites for hydroxylation is 1. The number of ketones is 1. The van der Waals surface area contributed by atoms with E-state index in [1.54, 1.807) is 11.3 Å². The smallest absolute Gasteiger partial charge is 0.269 e. The number of hydrogen-bond acceptors (Lipinski definition) is 4. The van der Waals surface area contributed by atoms with Gasteiger partial charge in [0.25, 0.3) is 5.69 Å². The molecule has 0 aliphatic heterocycles. The Hall–Kier alpha value is -2.08. The third kappa shape index (κ3) is 2.85. The fourth-order valence-electron chi connectivity index (χ4n) is 2.63. The van der Waals surface area contributed by atoms with Crippen LogP contribution >= 0.6 is 11.3 Å². The Kier molecular flexibility index (Phi) is 3.79. The molecule has 0 N–H and O–H groups in total. The van der Waals surface area contributed by atoms with E-state index in [2.05, 4.69) is 0 Å². The first-order valence-electron chi connectivity index (χ1n) is 6.91. The van der Waals surface area contributed by atoms with E-state index in [1.807, 2.05) is 10.1 Å². The lowest BCUT2D eigenvalue weighted by molar-refractivity contribution is -0.686. The van der Waals surface area contributed by atoms with Gasteiger partial charge < -0.3 is 0 Å². The summed E-state index contributed by atoms with van der Waals surface area (Å²) in [7, 11) is 0. The molecule has 0 saturated heterocycles. The van der Waals surface area contributed by atoms with E-state index in [0.29, 0.717) is 12.1 Å². The van der Waals surface area contributed by atoms with Crippen molar-refractivity contribution >= 4 is 22.8 Å². The molecular formula is C15H15N2O3S+. The molecule has 0 amide bonds. The molecule has 6 heteroatoms. The lowest BCUT2D eigenvalue weighted by Gasteiger charge is -2.07. The number of rotatable bonds is 4. The molecule has 0 saturated carbocycles. The topological polar surface area (TPSA) is 64.1 Å². The second kappa shape index (κ2) is 5.73. The number of nitro benzene ring substituents is 1. The molecule has 5 nitrogen and oxygen atoms in total. The zero-order chi connectivity index (χ0) is 14.8. The molecule has 3 rings (SSSR count). The van der Waals surface area contributed by atoms with E-state index >= 15 is 0 Å². The van der Waals surface area contributed by atoms with Crippen molar-refractivity contribution in [1.82, 2.24) is 0 Å². The van der Waals surface area contributed by atoms with Gasteiger partial charge in [0.15, 0.2) is 5.69 Å². The van der Waals surface area contributed by atoms with Crippen molar-refractivity contribution in [2.24, 2.45) is 0 Å². The van der Waals surface area contributed by atoms with E-state index in [1.165, 1.54) is 47.7 Å². The summed E-state index contributed by atoms with van der Waals surface area (Å²) in [5.74, 6) is -0.0129. The van der Waals surface area contributed by atoms with Gasteiger partial charge in [-0.05, 0) is 31.4 Å². The monoisotopic (exact) mass is 303 g/mol. The largest absolute Gasteiger partial charge is 0.287 e. The molecule has 0 unspecified atom stereocenters. The molecule has 0 atom stereocenters. The van der Waals surface area contributed by atoms with Crippen molar-refractivity contribution in [1.29, 1.82) is 0 Å². The van der Waals surface area contributed by atoms with Gasteiger partial charge in [-0.1, -0.05) is 11.3 Å². The summed E-state index contributed by atoms with van der Waals surface area (Å²) in [6, 6.07) is 5.81. The van der Waals surface area contributed by atoms with Gasteiger partial charge in [0, 0.05) is 24.1 Å². The second-order valence-corrected chi connectivity index (χ2v) is 6.09. The number of carbonyl (C=O) groups excluding carboxylic acids is 1. The molecule has 108 valence electrons. The van der Waals surface area contributed by atoms with E-state index in [0.717, 1.165) is 12.8 Å². The van der Waals surface area contributed by atoms with Crippen LogP contribution in [0.4, 0.5) is 5.69 Å². The molecule has 1 aromatic carbocycles. The molecule has 0 fully saturated rings. The number of nitrogens with zero attached hydrogens (tertiary/aromatic N) is 2. The number of nitro groups is 1. The number of aromatic nitrogens is 1. The van der Waals surface area contributed by atoms with Crippen molar-refractivity contribution in [3.63, 3.8) is 0 Å². The van der Waals surface area contributed by atoms with Crippen molar-refractivity contribution in [2.45, 2.75) is 32.2 Å². The Morgan fingerprint density at radius 2 is 1.95 bits per heavy atom. The highest BCUT2D eigenvalue weighted by Crippen LogP contribution is 2.22. The maximum absolute atomic E-state index is 12.3. The summed E-state index contributed by atoms with van der Waals surface area (Å²) < 4.78 is 2.03. The quantitative estimate of drug-likeness (QED) is 0.377. The number of thiazole rings is 1. The lowest BCUT2D eigenvalue weighted by Crippen LogP contribution is -2.40. The maximum Gasteiger partial charge on any atom is 0.269 e. The standard InChI is InChI=1S/C15H15N2O3S/c18-14(11-5-7-12(8-6-11)17(19)20)9-16-10-21-15-4-2-1-3-13(15)16/h5-8,10H,1-4,9H2/q+1. The molecular weight excluding hydrogens is 288 g/mol. The van der Waals surface area contributed by atoms with Crippen LogP contribution in [-0.2, 0) is 19.4 Å². The summed E-state index contributed by atoms with van der Waals surface area (Å²) in [5, 5.41) is 10.6. The van der Waals surface area contributed by atoms with Crippen LogP contribution in [-0.4, -0.2) is 10.7 Å². The van der Waals surface area contributed by atoms with E-state index < -0.39 is 4.92 Å². The Morgan fingerprint density at radius 1 is 1.24 bits per heavy atom. The van der Waals surface area contributed by atoms with Gasteiger partial charge in [-0.3, -0.25) is 14.9 Å². The zero-order valence-electron chi connectivity index (χ0n) is 11.4. The summed E-state index contributed by atoms with van der Waals surface area (Å²) in [5.41, 5.74) is 3.82. The zero-order valence-corrected chi connectivity index (χ0v) is 12.3. The van der Waals surface area contributed by atoms with Crippen LogP contribution in [0, 0.1) is 10.1 Å². The molecule has 1 aliphatic carbocycles. The SMILES string of the molecule is O=C(C[n+]1csc2c1CCCC2)c1ccc([N+](=O)[O-])cc1. The molecule has 2 aromatic rings. The van der Waals surface area contributed by atoms with Crippen LogP contribution in [0.2, 0.25) is 0 Å². The molecule has 0 spiro atoms. The third-order valence-corrected chi connectivity index (χ3v) is 4.86. The van der Waals surface area contributed by atoms with Gasteiger partial charge in [0.1, 0.15) is 0 Å². The van der Waals surface area contributed by atoms with Gasteiger partial charge in [-0.15, -0.1) is 0 Å². The van der Waals surface area contributed by atoms with Crippen LogP contribution < -0.4 is 4.57 Å². The fourth-order valence-corrected chi connectivity index (χ4v) is 3.70. The molecule has 0 bridgehead atoms. The highest BCUT2D eigenvalue weighted by Gasteiger charge is 2.24. The first kappa shape index (κ1) is 13.9. The minimum absolute atomic E-state index is 0.00659. The van der Waals surface area contributed by atoms with Crippen LogP contribution in [0.5, 0.6) is 0 Å². The van der Waals surface area contributed by atoms with E-state index in [-0.39, 0.29) is 11.5 Å². The Bertz CT molecular complexity index is 691. The lowest BCUT2D eigenvalue weighted by atomic mass is 10.0. The van der Waals surface area contributed by atoms with Crippen molar-refractivity contribution in [2.75, 3.05) is 0 Å². The summed E-state index contributed by atoms with van der Waals surface area (Å²) >= 11 is 1.72. The molecule has 21 heavy (non-hydrogen) atoms. The van der Waals surface area contributed by atoms with Gasteiger partial charge >= 0.3 is 0 Å². The highest BCUT2D eigenvalue weighted by molar-refractivity contribution is 7.09. The van der Waals surface area contributed by atoms with Crippen LogP contribution in [0.25, 0.3) is 0 Å². The Labute approximate surface area is 126 Å². The first-order chi connectivity index (χ1) is 10.1. The van der Waals surface area contributed by atoms with Gasteiger partial charge in [-0.2, -0.15) is 4.57 Å². The number of non-ortho nitro benzene ring substituents is 1. The average molecular weight is 303 g/mol. The summed E-state index contributed by atoms with van der Waals surface area (Å²) in [4.78, 5) is 23.8. The van der Waals surface area contributed by atoms with Crippen LogP contribution in [0.1, 0.15) is 33.8 Å². The maximum atomic E-state index is 12.3. The molecule has 1 heterocycles. The number of benzene rings is 1. The third-order valence-electron chi connectivity index (χ3n) is 3.77. The molecule has 1 aliphatic rings. The predicted octanol–water partition coefficient (Wildman–Crippen LogP) is 2.71. The molecule has 0 radical (unpaired) electrons. The average Bonchev–Trinajstić information content (AvgIpc) is 2.91. The van der Waals surface area contributed by atoms with E-state index in [4.69, 9.17) is 0 Å². The van der Waals surface area contributed by atoms with Crippen molar-refractivity contribution < 1.29 is 14.3 Å². The summed E-state index contributed by atoms with van der Waals surface area (Å²) in [6.07, 6.45) is 4.55. The van der Waals surface area contributed by atoms with Crippen LogP contribution in [0.3, 0.4) is 0 Å². The minimum atomic E-state index is -0.460. The van der Waals surface area contributed by atoms with Crippen molar-refractivity contribution in [3.8, 4) is 0 Å². The fraction of sp³-hybridized carbons (Fsp3) is 0.333. The second-order valence-electron chi connectivity index (χ2n) is 5.16. The minimum Gasteiger partial charge on any atom is -0.287 e. The number of hydrogen-bond donors (Lipinski definition) is 0. The van der Waals surface area contributed by atoms with E-state index in [9.17, 15) is 14.9 Å². The number of fused-ring (bicyclic) bond motifs is 1. The predicted molar refractivity (Wildman–Crippen MR) is 78.6 cm³/mol. The number of carbonyl (C=O) groups is 1. The first-order valence-corrected chi connectivity index (χ1v) is 7.79. The summed E-state index contributed by atoms with van der Waals surface area (Å²) in [6.45, 7) is 0.309. The normalized spacial score (nSPS) is 13.7. The Balaban J connectivity index is 1.77. The van der Waals surface area contributed by atoms with Gasteiger partial charge in [0.05, 0.1) is 9.80 Å². The van der Waals surface area contributed by atoms with Crippen LogP contribution in [0.15, 0.2) is 29.8 Å². The highest BCUT2D eigenvalue weighted by atomic mass is 32.1. The van der Waals surface area contributed by atoms with Gasteiger partial charge in [-0.25, -0.2) is 0 Å². The Morgan fingerprint density at radius 3 is 2.67 bits per heavy atom. The van der Waals surface area contributed by atoms with Crippen molar-refractivity contribution in [3.05, 3.63) is 56.0 Å². The van der Waals surface area contributed by atoms with Gasteiger partial charge in [0.2, 0.25) is 17.8 Å². The number of Topliss-reactive ketones (excluding diaryl/α,β-unsaturated/α-hetero) is 1.